The molecule has 0 atom stereocenters. The van der Waals surface area contributed by atoms with Gasteiger partial charge in [-0.3, -0.25) is 4.79 Å². The molecule has 0 unspecified atom stereocenters. The molecule has 0 aromatic heterocycles. The van der Waals surface area contributed by atoms with Crippen LogP contribution < -0.4 is 5.32 Å². The summed E-state index contributed by atoms with van der Waals surface area (Å²) in [6.07, 6.45) is 18.3. The second-order valence-electron chi connectivity index (χ2n) is 8.93. The van der Waals surface area contributed by atoms with Crippen molar-refractivity contribution in [2.45, 2.75) is 96.8 Å². The van der Waals surface area contributed by atoms with Gasteiger partial charge in [-0.15, -0.1) is 0 Å². The summed E-state index contributed by atoms with van der Waals surface area (Å²) < 4.78 is 5.02. The van der Waals surface area contributed by atoms with E-state index in [9.17, 15) is 4.79 Å². The van der Waals surface area contributed by atoms with Crippen molar-refractivity contribution in [3.05, 3.63) is 0 Å². The fraction of sp³-hybridized carbons (Fsp3) is 0.955. The minimum absolute atomic E-state index is 0.00993. The van der Waals surface area contributed by atoms with Crippen LogP contribution in [0.4, 0.5) is 0 Å². The fourth-order valence-corrected chi connectivity index (χ4v) is 4.90. The monoisotopic (exact) mass is 351 g/mol. The summed E-state index contributed by atoms with van der Waals surface area (Å²) in [6, 6.07) is 0. The molecule has 1 N–H and O–H groups in total. The van der Waals surface area contributed by atoms with Crippen LogP contribution in [-0.2, 0) is 9.53 Å². The Kier molecular flexibility index (Phi) is 9.30. The van der Waals surface area contributed by atoms with E-state index >= 15 is 0 Å². The average Bonchev–Trinajstić information content (AvgIpc) is 2.72. The van der Waals surface area contributed by atoms with Gasteiger partial charge in [-0.25, -0.2) is 0 Å². The maximum atomic E-state index is 12.0. The molecule has 3 heteroatoms. The molecular formula is C22H41NO2. The van der Waals surface area contributed by atoms with Gasteiger partial charge in [-0.2, -0.15) is 0 Å². The van der Waals surface area contributed by atoms with Gasteiger partial charge in [0.25, 0.3) is 0 Å². The Bertz CT molecular complexity index is 362. The van der Waals surface area contributed by atoms with Crippen LogP contribution in [0.2, 0.25) is 0 Å². The molecule has 3 nitrogen and oxygen atoms in total. The number of hydrogen-bond donors (Lipinski definition) is 1. The second kappa shape index (κ2) is 11.2. The molecule has 0 radical (unpaired) electrons. The molecule has 0 aromatic carbocycles. The van der Waals surface area contributed by atoms with Crippen molar-refractivity contribution in [3.8, 4) is 0 Å². The zero-order chi connectivity index (χ0) is 18.0. The Balaban J connectivity index is 1.67. The predicted octanol–water partition coefficient (Wildman–Crippen LogP) is 5.48. The van der Waals surface area contributed by atoms with Crippen LogP contribution in [0.3, 0.4) is 0 Å². The van der Waals surface area contributed by atoms with Gasteiger partial charge in [0, 0.05) is 0 Å². The number of esters is 1. The lowest BCUT2D eigenvalue weighted by Gasteiger charge is -2.31. The summed E-state index contributed by atoms with van der Waals surface area (Å²) in [4.78, 5) is 12.0. The molecule has 0 spiro atoms. The number of rotatable bonds is 5. The fourth-order valence-electron chi connectivity index (χ4n) is 4.90. The van der Waals surface area contributed by atoms with Crippen molar-refractivity contribution < 1.29 is 9.53 Å². The maximum Gasteiger partial charge on any atom is 0.311 e. The molecule has 0 saturated heterocycles. The van der Waals surface area contributed by atoms with Crippen molar-refractivity contribution in [1.29, 1.82) is 0 Å². The first-order chi connectivity index (χ1) is 12.1. The average molecular weight is 352 g/mol. The molecule has 2 rings (SSSR count). The number of ether oxygens (including phenoxy) is 1. The van der Waals surface area contributed by atoms with E-state index < -0.39 is 0 Å². The molecule has 0 aliphatic heterocycles. The van der Waals surface area contributed by atoms with E-state index in [1.54, 1.807) is 0 Å². The molecule has 0 aromatic rings. The summed E-state index contributed by atoms with van der Waals surface area (Å²) in [5.74, 6) is 1.68. The van der Waals surface area contributed by atoms with Gasteiger partial charge in [0.2, 0.25) is 0 Å². The number of hydrogen-bond acceptors (Lipinski definition) is 3. The van der Waals surface area contributed by atoms with Gasteiger partial charge in [0.15, 0.2) is 0 Å². The van der Waals surface area contributed by atoms with Crippen molar-refractivity contribution in [3.63, 3.8) is 0 Å². The first-order valence-corrected chi connectivity index (χ1v) is 10.9. The smallest absolute Gasteiger partial charge is 0.311 e. The SMILES string of the molecule is COC(=O)C1(C)CCCC(CNCC2CCCCCCCC2)CCC1. The second-order valence-corrected chi connectivity index (χ2v) is 8.93. The van der Waals surface area contributed by atoms with Crippen molar-refractivity contribution in [2.75, 3.05) is 20.2 Å². The van der Waals surface area contributed by atoms with Gasteiger partial charge in [-0.05, 0) is 70.4 Å². The van der Waals surface area contributed by atoms with E-state index in [-0.39, 0.29) is 11.4 Å². The van der Waals surface area contributed by atoms with Gasteiger partial charge in [0.1, 0.15) is 0 Å². The maximum absolute atomic E-state index is 12.0. The van der Waals surface area contributed by atoms with E-state index in [0.717, 1.165) is 37.5 Å². The highest BCUT2D eigenvalue weighted by atomic mass is 16.5. The lowest BCUT2D eigenvalue weighted by Crippen LogP contribution is -2.33. The van der Waals surface area contributed by atoms with E-state index in [2.05, 4.69) is 12.2 Å². The predicted molar refractivity (Wildman–Crippen MR) is 105 cm³/mol. The Labute approximate surface area is 155 Å². The molecule has 0 bridgehead atoms. The molecule has 25 heavy (non-hydrogen) atoms. The molecule has 2 fully saturated rings. The summed E-state index contributed by atoms with van der Waals surface area (Å²) in [5, 5.41) is 3.80. The highest BCUT2D eigenvalue weighted by Crippen LogP contribution is 2.36. The van der Waals surface area contributed by atoms with Crippen molar-refractivity contribution in [2.24, 2.45) is 17.3 Å². The lowest BCUT2D eigenvalue weighted by molar-refractivity contribution is -0.153. The first kappa shape index (κ1) is 20.7. The molecule has 0 heterocycles. The largest absolute Gasteiger partial charge is 0.469 e. The van der Waals surface area contributed by atoms with Crippen molar-refractivity contribution in [1.82, 2.24) is 5.32 Å². The number of nitrogens with one attached hydrogen (secondary N) is 1. The van der Waals surface area contributed by atoms with Crippen molar-refractivity contribution >= 4 is 5.97 Å². The first-order valence-electron chi connectivity index (χ1n) is 10.9. The normalized spacial score (nSPS) is 30.4. The molecular weight excluding hydrogens is 310 g/mol. The third-order valence-corrected chi connectivity index (χ3v) is 6.70. The zero-order valence-electron chi connectivity index (χ0n) is 16.8. The molecule has 2 saturated carbocycles. The minimum Gasteiger partial charge on any atom is -0.469 e. The van der Waals surface area contributed by atoms with Crippen LogP contribution in [-0.4, -0.2) is 26.2 Å². The van der Waals surface area contributed by atoms with Gasteiger partial charge < -0.3 is 10.1 Å². The summed E-state index contributed by atoms with van der Waals surface area (Å²) in [5.41, 5.74) is -0.246. The number of methoxy groups -OCH3 is 1. The Morgan fingerprint density at radius 1 is 0.840 bits per heavy atom. The molecule has 0 amide bonds. The number of carbonyl (C=O) groups excluding carboxylic acids is 1. The number of carbonyl (C=O) groups is 1. The van der Waals surface area contributed by atoms with Gasteiger partial charge in [0.05, 0.1) is 12.5 Å². The van der Waals surface area contributed by atoms with Crippen LogP contribution in [0.25, 0.3) is 0 Å². The standard InChI is InChI=1S/C22H41NO2/c1-22(21(24)25-2)15-9-13-20(14-10-16-22)18-23-17-19-11-7-5-3-4-6-8-12-19/h19-20,23H,3-18H2,1-2H3. The lowest BCUT2D eigenvalue weighted by atomic mass is 9.76. The third kappa shape index (κ3) is 7.29. The highest BCUT2D eigenvalue weighted by Gasteiger charge is 2.34. The van der Waals surface area contributed by atoms with Gasteiger partial charge in [-0.1, -0.05) is 51.4 Å². The highest BCUT2D eigenvalue weighted by molar-refractivity contribution is 5.76. The van der Waals surface area contributed by atoms with E-state index in [1.807, 2.05) is 0 Å². The summed E-state index contributed by atoms with van der Waals surface area (Å²) in [7, 11) is 1.52. The zero-order valence-corrected chi connectivity index (χ0v) is 16.8. The third-order valence-electron chi connectivity index (χ3n) is 6.70. The van der Waals surface area contributed by atoms with Crippen LogP contribution in [0.1, 0.15) is 96.8 Å². The van der Waals surface area contributed by atoms with E-state index in [0.29, 0.717) is 0 Å². The van der Waals surface area contributed by atoms with Crippen LogP contribution in [0.15, 0.2) is 0 Å². The van der Waals surface area contributed by atoms with Crippen LogP contribution in [0, 0.1) is 17.3 Å². The molecule has 146 valence electrons. The Morgan fingerprint density at radius 3 is 1.76 bits per heavy atom. The topological polar surface area (TPSA) is 38.3 Å². The summed E-state index contributed by atoms with van der Waals surface area (Å²) in [6.45, 7) is 4.48. The minimum atomic E-state index is -0.246. The van der Waals surface area contributed by atoms with E-state index in [1.165, 1.54) is 84.4 Å². The van der Waals surface area contributed by atoms with E-state index in [4.69, 9.17) is 4.74 Å². The Morgan fingerprint density at radius 2 is 1.28 bits per heavy atom. The summed E-state index contributed by atoms with van der Waals surface area (Å²) >= 11 is 0. The van der Waals surface area contributed by atoms with Gasteiger partial charge >= 0.3 is 5.97 Å². The van der Waals surface area contributed by atoms with Crippen LogP contribution >= 0.6 is 0 Å². The molecule has 2 aliphatic carbocycles. The molecule has 2 aliphatic rings. The quantitative estimate of drug-likeness (QED) is 0.667. The Hall–Kier alpha value is -0.570. The van der Waals surface area contributed by atoms with Crippen LogP contribution in [0.5, 0.6) is 0 Å².